The van der Waals surface area contributed by atoms with E-state index < -0.39 is 6.43 Å². The van der Waals surface area contributed by atoms with Crippen molar-refractivity contribution in [1.82, 2.24) is 19.8 Å². The molecule has 2 aliphatic rings. The summed E-state index contributed by atoms with van der Waals surface area (Å²) in [6.45, 7) is 2.30. The standard InChI is InChI=1S/C18H28F2N4O2/c1-23-9-6-21-17(23)16(13-4-10-26-11-5-13)22-18(25)14-2-7-24(8-3-14)12-15(19)20/h6,9,13-16H,2-5,7-8,10-12H2,1H3,(H,22,25). The number of ether oxygens (including phenoxy) is 1. The Balaban J connectivity index is 1.61. The van der Waals surface area contributed by atoms with Gasteiger partial charge in [0, 0.05) is 38.6 Å². The highest BCUT2D eigenvalue weighted by molar-refractivity contribution is 5.79. The van der Waals surface area contributed by atoms with Gasteiger partial charge >= 0.3 is 0 Å². The van der Waals surface area contributed by atoms with Gasteiger partial charge in [0.1, 0.15) is 5.82 Å². The SMILES string of the molecule is Cn1ccnc1C(NC(=O)C1CCN(CC(F)F)CC1)C1CCOCC1. The maximum atomic E-state index is 12.8. The third-order valence-electron chi connectivity index (χ3n) is 5.53. The van der Waals surface area contributed by atoms with Crippen LogP contribution in [-0.4, -0.2) is 59.6 Å². The molecule has 26 heavy (non-hydrogen) atoms. The monoisotopic (exact) mass is 370 g/mol. The van der Waals surface area contributed by atoms with Gasteiger partial charge in [-0.1, -0.05) is 0 Å². The molecule has 0 aliphatic carbocycles. The van der Waals surface area contributed by atoms with Crippen molar-refractivity contribution in [2.45, 2.75) is 38.2 Å². The van der Waals surface area contributed by atoms with Crippen LogP contribution in [0.1, 0.15) is 37.5 Å². The van der Waals surface area contributed by atoms with Crippen LogP contribution in [0.25, 0.3) is 0 Å². The number of hydrogen-bond donors (Lipinski definition) is 1. The molecule has 2 saturated heterocycles. The van der Waals surface area contributed by atoms with Gasteiger partial charge in [0.15, 0.2) is 0 Å². The molecular weight excluding hydrogens is 342 g/mol. The molecule has 0 saturated carbocycles. The third-order valence-corrected chi connectivity index (χ3v) is 5.53. The van der Waals surface area contributed by atoms with Crippen LogP contribution in [0.4, 0.5) is 8.78 Å². The zero-order valence-electron chi connectivity index (χ0n) is 15.2. The summed E-state index contributed by atoms with van der Waals surface area (Å²) in [5.74, 6) is 1.06. The number of imidazole rings is 1. The quantitative estimate of drug-likeness (QED) is 0.832. The molecular formula is C18H28F2N4O2. The number of hydrogen-bond acceptors (Lipinski definition) is 4. The summed E-state index contributed by atoms with van der Waals surface area (Å²) in [4.78, 5) is 19.0. The van der Waals surface area contributed by atoms with E-state index in [1.54, 1.807) is 11.1 Å². The minimum absolute atomic E-state index is 0.0150. The lowest BCUT2D eigenvalue weighted by molar-refractivity contribution is -0.128. The molecule has 6 nitrogen and oxygen atoms in total. The summed E-state index contributed by atoms with van der Waals surface area (Å²) >= 11 is 0. The van der Waals surface area contributed by atoms with E-state index in [2.05, 4.69) is 10.3 Å². The number of likely N-dealkylation sites (tertiary alicyclic amines) is 1. The molecule has 0 spiro atoms. The Hall–Kier alpha value is -1.54. The highest BCUT2D eigenvalue weighted by atomic mass is 19.3. The van der Waals surface area contributed by atoms with Crippen LogP contribution in [0, 0.1) is 11.8 Å². The normalized spacial score (nSPS) is 21.8. The van der Waals surface area contributed by atoms with Crippen LogP contribution in [-0.2, 0) is 16.6 Å². The fraction of sp³-hybridized carbons (Fsp3) is 0.778. The molecule has 146 valence electrons. The van der Waals surface area contributed by atoms with E-state index in [1.807, 2.05) is 17.8 Å². The molecule has 2 aliphatic heterocycles. The van der Waals surface area contributed by atoms with Crippen LogP contribution >= 0.6 is 0 Å². The Morgan fingerprint density at radius 1 is 1.31 bits per heavy atom. The van der Waals surface area contributed by atoms with Crippen LogP contribution in [0.2, 0.25) is 0 Å². The molecule has 3 heterocycles. The summed E-state index contributed by atoms with van der Waals surface area (Å²) in [6, 6.07) is -0.134. The number of rotatable bonds is 6. The van der Waals surface area contributed by atoms with Gasteiger partial charge in [-0.2, -0.15) is 0 Å². The van der Waals surface area contributed by atoms with Gasteiger partial charge in [-0.15, -0.1) is 0 Å². The molecule has 1 aromatic rings. The van der Waals surface area contributed by atoms with E-state index >= 15 is 0 Å². The number of amides is 1. The van der Waals surface area contributed by atoms with Crippen molar-refractivity contribution in [3.63, 3.8) is 0 Å². The summed E-state index contributed by atoms with van der Waals surface area (Å²) in [6.07, 6.45) is 4.35. The smallest absolute Gasteiger partial charge is 0.251 e. The maximum Gasteiger partial charge on any atom is 0.251 e. The molecule has 1 atom stereocenters. The van der Waals surface area contributed by atoms with Gasteiger partial charge in [0.25, 0.3) is 6.43 Å². The van der Waals surface area contributed by atoms with Crippen molar-refractivity contribution in [3.8, 4) is 0 Å². The Kier molecular flexibility index (Phi) is 6.58. The van der Waals surface area contributed by atoms with Gasteiger partial charge in [-0.05, 0) is 44.7 Å². The number of alkyl halides is 2. The lowest BCUT2D eigenvalue weighted by Crippen LogP contribution is -2.44. The molecule has 0 bridgehead atoms. The minimum Gasteiger partial charge on any atom is -0.381 e. The number of halogens is 2. The second kappa shape index (κ2) is 8.90. The van der Waals surface area contributed by atoms with Crippen molar-refractivity contribution < 1.29 is 18.3 Å². The lowest BCUT2D eigenvalue weighted by Gasteiger charge is -2.34. The van der Waals surface area contributed by atoms with Crippen molar-refractivity contribution in [3.05, 3.63) is 18.2 Å². The molecule has 0 aromatic carbocycles. The molecule has 1 amide bonds. The minimum atomic E-state index is -2.32. The van der Waals surface area contributed by atoms with Gasteiger partial charge in [-0.25, -0.2) is 13.8 Å². The van der Waals surface area contributed by atoms with E-state index in [0.717, 1.165) is 18.7 Å². The predicted molar refractivity (Wildman–Crippen MR) is 92.8 cm³/mol. The van der Waals surface area contributed by atoms with Crippen molar-refractivity contribution in [2.75, 3.05) is 32.8 Å². The Bertz CT molecular complexity index is 582. The molecule has 1 aromatic heterocycles. The average molecular weight is 370 g/mol. The Labute approximate surface area is 152 Å². The summed E-state index contributed by atoms with van der Waals surface area (Å²) in [5.41, 5.74) is 0. The van der Waals surface area contributed by atoms with Crippen LogP contribution in [0.3, 0.4) is 0 Å². The molecule has 0 radical (unpaired) electrons. The topological polar surface area (TPSA) is 59.4 Å². The summed E-state index contributed by atoms with van der Waals surface area (Å²) < 4.78 is 32.4. The van der Waals surface area contributed by atoms with Crippen molar-refractivity contribution >= 4 is 5.91 Å². The first kappa shape index (κ1) is 19.2. The summed E-state index contributed by atoms with van der Waals surface area (Å²) in [5, 5.41) is 3.21. The van der Waals surface area contributed by atoms with Gasteiger partial charge in [0.2, 0.25) is 5.91 Å². The van der Waals surface area contributed by atoms with Gasteiger partial charge in [-0.3, -0.25) is 9.69 Å². The molecule has 2 fully saturated rings. The zero-order valence-corrected chi connectivity index (χ0v) is 15.2. The molecule has 1 unspecified atom stereocenters. The highest BCUT2D eigenvalue weighted by Gasteiger charge is 2.33. The number of nitrogens with zero attached hydrogens (tertiary/aromatic N) is 3. The fourth-order valence-corrected chi connectivity index (χ4v) is 3.96. The lowest BCUT2D eigenvalue weighted by atomic mass is 9.89. The van der Waals surface area contributed by atoms with Crippen LogP contribution in [0.5, 0.6) is 0 Å². The van der Waals surface area contributed by atoms with Crippen LogP contribution < -0.4 is 5.32 Å². The van der Waals surface area contributed by atoms with E-state index in [4.69, 9.17) is 4.74 Å². The van der Waals surface area contributed by atoms with Gasteiger partial charge < -0.3 is 14.6 Å². The Morgan fingerprint density at radius 3 is 2.58 bits per heavy atom. The number of aryl methyl sites for hydroxylation is 1. The van der Waals surface area contributed by atoms with E-state index in [0.29, 0.717) is 45.1 Å². The Morgan fingerprint density at radius 2 is 2.00 bits per heavy atom. The maximum absolute atomic E-state index is 12.8. The first-order valence-electron chi connectivity index (χ1n) is 9.40. The second-order valence-electron chi connectivity index (χ2n) is 7.30. The van der Waals surface area contributed by atoms with Crippen molar-refractivity contribution in [1.29, 1.82) is 0 Å². The largest absolute Gasteiger partial charge is 0.381 e. The number of aromatic nitrogens is 2. The van der Waals surface area contributed by atoms with Crippen molar-refractivity contribution in [2.24, 2.45) is 18.9 Å². The van der Waals surface area contributed by atoms with E-state index in [9.17, 15) is 13.6 Å². The first-order chi connectivity index (χ1) is 12.5. The molecule has 3 rings (SSSR count). The highest BCUT2D eigenvalue weighted by Crippen LogP contribution is 2.30. The molecule has 1 N–H and O–H groups in total. The zero-order chi connectivity index (χ0) is 18.5. The van der Waals surface area contributed by atoms with Crippen LogP contribution in [0.15, 0.2) is 12.4 Å². The first-order valence-corrected chi connectivity index (χ1v) is 9.40. The van der Waals surface area contributed by atoms with E-state index in [1.165, 1.54) is 0 Å². The number of nitrogens with one attached hydrogen (secondary N) is 1. The predicted octanol–water partition coefficient (Wildman–Crippen LogP) is 1.98. The molecule has 8 heteroatoms. The number of carbonyl (C=O) groups excluding carboxylic acids is 1. The van der Waals surface area contributed by atoms with E-state index in [-0.39, 0.29) is 24.4 Å². The second-order valence-corrected chi connectivity index (χ2v) is 7.30. The number of carbonyl (C=O) groups is 1. The average Bonchev–Trinajstić information content (AvgIpc) is 3.06. The third kappa shape index (κ3) is 4.79. The fourth-order valence-electron chi connectivity index (χ4n) is 3.96. The summed E-state index contributed by atoms with van der Waals surface area (Å²) in [7, 11) is 1.93. The number of piperidine rings is 1. The van der Waals surface area contributed by atoms with Gasteiger partial charge in [0.05, 0.1) is 12.6 Å².